The molecule has 1 aliphatic rings. The summed E-state index contributed by atoms with van der Waals surface area (Å²) in [6.45, 7) is 7.48. The summed E-state index contributed by atoms with van der Waals surface area (Å²) in [6, 6.07) is 4.43. The maximum absolute atomic E-state index is 15.0. The molecule has 0 aliphatic heterocycles. The van der Waals surface area contributed by atoms with E-state index in [1.54, 1.807) is 17.4 Å². The highest BCUT2D eigenvalue weighted by Gasteiger charge is 2.26. The second-order valence-electron chi connectivity index (χ2n) is 8.42. The van der Waals surface area contributed by atoms with Crippen LogP contribution in [0.5, 0.6) is 0 Å². The number of aromatic nitrogens is 3. The molecule has 2 heterocycles. The van der Waals surface area contributed by atoms with Gasteiger partial charge in [-0.3, -0.25) is 9.20 Å². The lowest BCUT2D eigenvalue weighted by molar-refractivity contribution is 0.0950. The number of benzene rings is 1. The zero-order valence-electron chi connectivity index (χ0n) is 16.3. The van der Waals surface area contributed by atoms with Gasteiger partial charge in [0, 0.05) is 28.8 Å². The Balaban J connectivity index is 1.84. The van der Waals surface area contributed by atoms with E-state index in [1.807, 2.05) is 20.8 Å². The number of nitrogens with one attached hydrogen (secondary N) is 1. The van der Waals surface area contributed by atoms with Crippen molar-refractivity contribution in [3.05, 3.63) is 53.0 Å². The summed E-state index contributed by atoms with van der Waals surface area (Å²) in [5.74, 6) is -0.787. The summed E-state index contributed by atoms with van der Waals surface area (Å²) < 4.78 is 31.1. The Hall–Kier alpha value is -2.83. The first-order valence-corrected chi connectivity index (χ1v) is 9.31. The van der Waals surface area contributed by atoms with Crippen molar-refractivity contribution in [2.24, 2.45) is 0 Å². The third-order valence-electron chi connectivity index (χ3n) is 4.98. The molecule has 0 unspecified atom stereocenters. The topological polar surface area (TPSA) is 59.3 Å². The highest BCUT2D eigenvalue weighted by atomic mass is 19.1. The van der Waals surface area contributed by atoms with Crippen LogP contribution in [-0.4, -0.2) is 26.5 Å². The van der Waals surface area contributed by atoms with E-state index in [2.05, 4.69) is 15.5 Å². The molecule has 1 amide bonds. The molecule has 1 aliphatic carbocycles. The van der Waals surface area contributed by atoms with E-state index in [9.17, 15) is 9.18 Å². The molecular weight excluding hydrogens is 362 g/mol. The zero-order chi connectivity index (χ0) is 20.2. The molecule has 0 spiro atoms. The minimum Gasteiger partial charge on any atom is -0.349 e. The third-order valence-corrected chi connectivity index (χ3v) is 4.98. The van der Waals surface area contributed by atoms with E-state index in [-0.39, 0.29) is 34.1 Å². The molecule has 3 aromatic rings. The van der Waals surface area contributed by atoms with E-state index < -0.39 is 11.6 Å². The maximum Gasteiger partial charge on any atom is 0.251 e. The first-order chi connectivity index (χ1) is 13.1. The highest BCUT2D eigenvalue weighted by molar-refractivity contribution is 5.96. The smallest absolute Gasteiger partial charge is 0.251 e. The number of carbonyl (C=O) groups excluding carboxylic acids is 1. The molecule has 0 saturated heterocycles. The van der Waals surface area contributed by atoms with Crippen molar-refractivity contribution in [2.45, 2.75) is 52.0 Å². The van der Waals surface area contributed by atoms with E-state index >= 15 is 4.39 Å². The van der Waals surface area contributed by atoms with Gasteiger partial charge in [-0.05, 0) is 49.1 Å². The van der Waals surface area contributed by atoms with Crippen LogP contribution in [0.1, 0.15) is 55.4 Å². The standard InChI is InChI=1S/C21H22F2N4O/c1-11-14(7-12(8-16(11)22)19(28)24-13-5-6-13)15-9-18-25-26-20(21(2,3)4)27(18)10-17(15)23/h7-10,13H,5-6H2,1-4H3,(H,24,28). The Morgan fingerprint density at radius 2 is 1.82 bits per heavy atom. The van der Waals surface area contributed by atoms with E-state index in [4.69, 9.17) is 0 Å². The minimum atomic E-state index is -0.547. The SMILES string of the molecule is Cc1c(F)cc(C(=O)NC2CC2)cc1-c1cc2nnc(C(C)(C)C)n2cc1F. The molecule has 1 saturated carbocycles. The summed E-state index contributed by atoms with van der Waals surface area (Å²) in [5.41, 5.74) is 1.15. The Bertz CT molecular complexity index is 1090. The summed E-state index contributed by atoms with van der Waals surface area (Å²) in [4.78, 5) is 12.4. The predicted molar refractivity (Wildman–Crippen MR) is 102 cm³/mol. The van der Waals surface area contributed by atoms with Crippen molar-refractivity contribution in [1.82, 2.24) is 19.9 Å². The van der Waals surface area contributed by atoms with Crippen LogP contribution in [0.3, 0.4) is 0 Å². The van der Waals surface area contributed by atoms with Crippen LogP contribution in [0.15, 0.2) is 24.4 Å². The van der Waals surface area contributed by atoms with E-state index in [1.165, 1.54) is 18.3 Å². The second kappa shape index (κ2) is 6.36. The molecule has 0 radical (unpaired) electrons. The lowest BCUT2D eigenvalue weighted by Crippen LogP contribution is -2.25. The quantitative estimate of drug-likeness (QED) is 0.737. The van der Waals surface area contributed by atoms with Crippen LogP contribution in [0.2, 0.25) is 0 Å². The van der Waals surface area contributed by atoms with Crippen molar-refractivity contribution in [2.75, 3.05) is 0 Å². The largest absolute Gasteiger partial charge is 0.349 e. The average Bonchev–Trinajstić information content (AvgIpc) is 3.32. The first kappa shape index (κ1) is 18.5. The average molecular weight is 384 g/mol. The Morgan fingerprint density at radius 1 is 1.11 bits per heavy atom. The molecule has 146 valence electrons. The summed E-state index contributed by atoms with van der Waals surface area (Å²) in [5, 5.41) is 11.2. The van der Waals surface area contributed by atoms with Gasteiger partial charge in [-0.25, -0.2) is 8.78 Å². The third kappa shape index (κ3) is 3.25. The molecule has 1 aromatic carbocycles. The number of halogens is 2. The Labute approximate surface area is 161 Å². The molecule has 1 fully saturated rings. The van der Waals surface area contributed by atoms with Gasteiger partial charge in [-0.2, -0.15) is 0 Å². The van der Waals surface area contributed by atoms with Gasteiger partial charge in [-0.1, -0.05) is 20.8 Å². The predicted octanol–water partition coefficient (Wildman–Crippen LogP) is 4.17. The molecule has 4 rings (SSSR count). The van der Waals surface area contributed by atoms with Crippen LogP contribution in [0, 0.1) is 18.6 Å². The molecule has 0 bridgehead atoms. The first-order valence-electron chi connectivity index (χ1n) is 9.31. The normalized spacial score (nSPS) is 14.5. The number of nitrogens with zero attached hydrogens (tertiary/aromatic N) is 3. The monoisotopic (exact) mass is 384 g/mol. The van der Waals surface area contributed by atoms with Crippen molar-refractivity contribution in [1.29, 1.82) is 0 Å². The van der Waals surface area contributed by atoms with Crippen LogP contribution in [-0.2, 0) is 5.41 Å². The van der Waals surface area contributed by atoms with Gasteiger partial charge in [0.15, 0.2) is 5.65 Å². The lowest BCUT2D eigenvalue weighted by atomic mass is 9.95. The van der Waals surface area contributed by atoms with Gasteiger partial charge in [0.25, 0.3) is 5.91 Å². The maximum atomic E-state index is 15.0. The summed E-state index contributed by atoms with van der Waals surface area (Å²) in [6.07, 6.45) is 3.18. The summed E-state index contributed by atoms with van der Waals surface area (Å²) in [7, 11) is 0. The van der Waals surface area contributed by atoms with Crippen molar-refractivity contribution in [3.63, 3.8) is 0 Å². The second-order valence-corrected chi connectivity index (χ2v) is 8.42. The van der Waals surface area contributed by atoms with Crippen LogP contribution in [0.4, 0.5) is 8.78 Å². The lowest BCUT2D eigenvalue weighted by Gasteiger charge is -2.16. The van der Waals surface area contributed by atoms with Crippen LogP contribution in [0.25, 0.3) is 16.8 Å². The van der Waals surface area contributed by atoms with Crippen LogP contribution >= 0.6 is 0 Å². The van der Waals surface area contributed by atoms with Gasteiger partial charge < -0.3 is 5.32 Å². The molecule has 0 atom stereocenters. The number of carbonyl (C=O) groups is 1. The zero-order valence-corrected chi connectivity index (χ0v) is 16.3. The molecular formula is C21H22F2N4O. The fourth-order valence-electron chi connectivity index (χ4n) is 3.21. The molecule has 1 N–H and O–H groups in total. The Kier molecular flexibility index (Phi) is 4.21. The van der Waals surface area contributed by atoms with Gasteiger partial charge in [0.2, 0.25) is 0 Å². The van der Waals surface area contributed by atoms with E-state index in [0.29, 0.717) is 17.0 Å². The number of rotatable bonds is 3. The van der Waals surface area contributed by atoms with Gasteiger partial charge >= 0.3 is 0 Å². The number of hydrogen-bond acceptors (Lipinski definition) is 3. The number of fused-ring (bicyclic) bond motifs is 1. The van der Waals surface area contributed by atoms with Gasteiger partial charge in [-0.15, -0.1) is 10.2 Å². The fourth-order valence-corrected chi connectivity index (χ4v) is 3.21. The Morgan fingerprint density at radius 3 is 2.46 bits per heavy atom. The number of pyridine rings is 1. The summed E-state index contributed by atoms with van der Waals surface area (Å²) >= 11 is 0. The molecule has 5 nitrogen and oxygen atoms in total. The molecule has 7 heteroatoms. The van der Waals surface area contributed by atoms with Crippen molar-refractivity contribution < 1.29 is 13.6 Å². The van der Waals surface area contributed by atoms with Crippen molar-refractivity contribution in [3.8, 4) is 11.1 Å². The highest BCUT2D eigenvalue weighted by Crippen LogP contribution is 2.31. The van der Waals surface area contributed by atoms with Gasteiger partial charge in [0.1, 0.15) is 17.5 Å². The number of hydrogen-bond donors (Lipinski definition) is 1. The molecule has 2 aromatic heterocycles. The minimum absolute atomic E-state index is 0.153. The van der Waals surface area contributed by atoms with Crippen molar-refractivity contribution >= 4 is 11.6 Å². The molecule has 28 heavy (non-hydrogen) atoms. The fraction of sp³-hybridized carbons (Fsp3) is 0.381. The van der Waals surface area contributed by atoms with E-state index in [0.717, 1.165) is 12.8 Å². The van der Waals surface area contributed by atoms with Crippen LogP contribution < -0.4 is 5.32 Å². The number of amides is 1. The van der Waals surface area contributed by atoms with Gasteiger partial charge in [0.05, 0.1) is 0 Å².